The molecule has 0 spiro atoms. The molecule has 9 heteroatoms. The van der Waals surface area contributed by atoms with Crippen molar-refractivity contribution in [2.75, 3.05) is 31.1 Å². The summed E-state index contributed by atoms with van der Waals surface area (Å²) in [4.78, 5) is 41.6. The molecule has 1 amide bonds. The van der Waals surface area contributed by atoms with Gasteiger partial charge in [0.15, 0.2) is 11.2 Å². The van der Waals surface area contributed by atoms with Crippen molar-refractivity contribution in [1.29, 1.82) is 0 Å². The van der Waals surface area contributed by atoms with Crippen LogP contribution in [0.15, 0.2) is 70.7 Å². The number of amides is 1. The van der Waals surface area contributed by atoms with Crippen LogP contribution in [0.2, 0.25) is 0 Å². The van der Waals surface area contributed by atoms with Gasteiger partial charge < -0.3 is 14.2 Å². The van der Waals surface area contributed by atoms with Gasteiger partial charge >= 0.3 is 0 Å². The Kier molecular flexibility index (Phi) is 4.47. The van der Waals surface area contributed by atoms with Crippen molar-refractivity contribution in [2.45, 2.75) is 0 Å². The minimum absolute atomic E-state index is 0.0663. The van der Waals surface area contributed by atoms with Gasteiger partial charge in [0.2, 0.25) is 0 Å². The van der Waals surface area contributed by atoms with Crippen LogP contribution in [0, 0.1) is 0 Å². The van der Waals surface area contributed by atoms with E-state index in [0.717, 1.165) is 11.6 Å². The second-order valence-electron chi connectivity index (χ2n) is 6.95. The van der Waals surface area contributed by atoms with Crippen molar-refractivity contribution >= 4 is 22.7 Å². The molecule has 150 valence electrons. The zero-order chi connectivity index (χ0) is 20.5. The highest BCUT2D eigenvalue weighted by atomic mass is 16.3. The first kappa shape index (κ1) is 18.0. The van der Waals surface area contributed by atoms with Crippen molar-refractivity contribution in [3.63, 3.8) is 0 Å². The van der Waals surface area contributed by atoms with Crippen LogP contribution in [-0.4, -0.2) is 56.5 Å². The van der Waals surface area contributed by atoms with E-state index in [0.29, 0.717) is 37.1 Å². The van der Waals surface area contributed by atoms with Gasteiger partial charge in [0.1, 0.15) is 29.9 Å². The maximum atomic E-state index is 12.9. The predicted molar refractivity (Wildman–Crippen MR) is 110 cm³/mol. The number of hydrogen-bond acceptors (Lipinski definition) is 7. The lowest BCUT2D eigenvalue weighted by atomic mass is 10.2. The Morgan fingerprint density at radius 3 is 2.60 bits per heavy atom. The molecule has 1 aromatic carbocycles. The van der Waals surface area contributed by atoms with Crippen LogP contribution in [0.3, 0.4) is 0 Å². The summed E-state index contributed by atoms with van der Waals surface area (Å²) in [6.07, 6.45) is 6.71. The standard InChI is InChI=1S/C21H18N6O3/c28-16-11-18(30-17-4-2-1-3-15(16)17)21(29)26-9-7-25(8-10-26)19-12-20(24-13-23-19)27-6-5-22-14-27/h1-6,11-14H,7-10H2. The maximum absolute atomic E-state index is 12.9. The first-order valence-electron chi connectivity index (χ1n) is 9.56. The number of nitrogens with zero attached hydrogens (tertiary/aromatic N) is 6. The van der Waals surface area contributed by atoms with Crippen LogP contribution < -0.4 is 10.3 Å². The number of imidazole rings is 1. The van der Waals surface area contributed by atoms with Gasteiger partial charge in [-0.25, -0.2) is 15.0 Å². The fourth-order valence-electron chi connectivity index (χ4n) is 3.55. The number of carbonyl (C=O) groups excluding carboxylic acids is 1. The number of piperazine rings is 1. The molecule has 30 heavy (non-hydrogen) atoms. The largest absolute Gasteiger partial charge is 0.451 e. The van der Waals surface area contributed by atoms with Crippen molar-refractivity contribution in [2.24, 2.45) is 0 Å². The molecule has 4 heterocycles. The molecule has 1 fully saturated rings. The Labute approximate surface area is 171 Å². The van der Waals surface area contributed by atoms with Gasteiger partial charge in [-0.3, -0.25) is 14.2 Å². The lowest BCUT2D eigenvalue weighted by Gasteiger charge is -2.35. The van der Waals surface area contributed by atoms with Gasteiger partial charge in [0.25, 0.3) is 5.91 Å². The third-order valence-electron chi connectivity index (χ3n) is 5.14. The van der Waals surface area contributed by atoms with E-state index < -0.39 is 0 Å². The lowest BCUT2D eigenvalue weighted by molar-refractivity contribution is 0.0715. The van der Waals surface area contributed by atoms with Crippen LogP contribution in [0.4, 0.5) is 5.82 Å². The Hall–Kier alpha value is -4.01. The molecule has 0 N–H and O–H groups in total. The maximum Gasteiger partial charge on any atom is 0.289 e. The number of carbonyl (C=O) groups is 1. The normalized spacial score (nSPS) is 14.3. The predicted octanol–water partition coefficient (Wildman–Crippen LogP) is 1.73. The molecule has 0 saturated carbocycles. The lowest BCUT2D eigenvalue weighted by Crippen LogP contribution is -2.49. The van der Waals surface area contributed by atoms with Crippen LogP contribution in [0.25, 0.3) is 16.8 Å². The van der Waals surface area contributed by atoms with E-state index in [9.17, 15) is 9.59 Å². The van der Waals surface area contributed by atoms with Crippen LogP contribution >= 0.6 is 0 Å². The Morgan fingerprint density at radius 2 is 1.80 bits per heavy atom. The fourth-order valence-corrected chi connectivity index (χ4v) is 3.55. The zero-order valence-electron chi connectivity index (χ0n) is 16.0. The molecule has 0 unspecified atom stereocenters. The molecule has 1 aliphatic rings. The Morgan fingerprint density at radius 1 is 1.00 bits per heavy atom. The molecular weight excluding hydrogens is 384 g/mol. The summed E-state index contributed by atoms with van der Waals surface area (Å²) < 4.78 is 7.50. The molecule has 3 aromatic heterocycles. The molecule has 1 aliphatic heterocycles. The van der Waals surface area contributed by atoms with E-state index in [1.807, 2.05) is 16.8 Å². The summed E-state index contributed by atoms with van der Waals surface area (Å²) in [5.41, 5.74) is 0.201. The van der Waals surface area contributed by atoms with E-state index in [-0.39, 0.29) is 17.1 Å². The molecule has 0 atom stereocenters. The number of fused-ring (bicyclic) bond motifs is 1. The Balaban J connectivity index is 1.31. The molecule has 0 bridgehead atoms. The van der Waals surface area contributed by atoms with Crippen LogP contribution in [-0.2, 0) is 0 Å². The monoisotopic (exact) mass is 402 g/mol. The second-order valence-corrected chi connectivity index (χ2v) is 6.95. The third kappa shape index (κ3) is 3.30. The SMILES string of the molecule is O=C(c1cc(=O)c2ccccc2o1)N1CCN(c2cc(-n3ccnc3)ncn2)CC1. The summed E-state index contributed by atoms with van der Waals surface area (Å²) in [6.45, 7) is 2.23. The van der Waals surface area contributed by atoms with E-state index in [1.165, 1.54) is 12.4 Å². The van der Waals surface area contributed by atoms with Gasteiger partial charge in [-0.15, -0.1) is 0 Å². The van der Waals surface area contributed by atoms with Crippen molar-refractivity contribution in [3.8, 4) is 5.82 Å². The van der Waals surface area contributed by atoms with E-state index in [1.54, 1.807) is 41.7 Å². The summed E-state index contributed by atoms with van der Waals surface area (Å²) in [5, 5.41) is 0.469. The van der Waals surface area contributed by atoms with Gasteiger partial charge in [0.05, 0.1) is 5.39 Å². The molecule has 4 aromatic rings. The topological polar surface area (TPSA) is 97.4 Å². The van der Waals surface area contributed by atoms with E-state index in [2.05, 4.69) is 19.9 Å². The first-order valence-corrected chi connectivity index (χ1v) is 9.56. The average Bonchev–Trinajstić information content (AvgIpc) is 3.34. The molecule has 9 nitrogen and oxygen atoms in total. The fraction of sp³-hybridized carbons (Fsp3) is 0.190. The minimum atomic E-state index is -0.278. The number of anilines is 1. The molecule has 0 radical (unpaired) electrons. The Bertz CT molecular complexity index is 1260. The van der Waals surface area contributed by atoms with E-state index >= 15 is 0 Å². The third-order valence-corrected chi connectivity index (χ3v) is 5.14. The molecule has 1 saturated heterocycles. The summed E-state index contributed by atoms with van der Waals surface area (Å²) >= 11 is 0. The summed E-state index contributed by atoms with van der Waals surface area (Å²) in [7, 11) is 0. The highest BCUT2D eigenvalue weighted by Gasteiger charge is 2.25. The number of para-hydroxylation sites is 1. The summed E-state index contributed by atoms with van der Waals surface area (Å²) in [5.74, 6) is 1.31. The quantitative estimate of drug-likeness (QED) is 0.515. The zero-order valence-corrected chi connectivity index (χ0v) is 16.0. The molecular formula is C21H18N6O3. The second kappa shape index (κ2) is 7.43. The van der Waals surface area contributed by atoms with Gasteiger partial charge in [0, 0.05) is 50.7 Å². The van der Waals surface area contributed by atoms with Gasteiger partial charge in [-0.2, -0.15) is 0 Å². The number of aromatic nitrogens is 4. The highest BCUT2D eigenvalue weighted by Crippen LogP contribution is 2.18. The minimum Gasteiger partial charge on any atom is -0.451 e. The molecule has 0 aliphatic carbocycles. The highest BCUT2D eigenvalue weighted by molar-refractivity contribution is 5.93. The first-order chi connectivity index (χ1) is 14.7. The van der Waals surface area contributed by atoms with Gasteiger partial charge in [-0.1, -0.05) is 12.1 Å². The summed E-state index contributed by atoms with van der Waals surface area (Å²) in [6, 6.07) is 10.1. The number of rotatable bonds is 3. The van der Waals surface area contributed by atoms with Crippen molar-refractivity contribution in [3.05, 3.63) is 77.4 Å². The van der Waals surface area contributed by atoms with Crippen LogP contribution in [0.5, 0.6) is 0 Å². The average molecular weight is 402 g/mol. The van der Waals surface area contributed by atoms with Crippen LogP contribution in [0.1, 0.15) is 10.6 Å². The number of benzene rings is 1. The molecule has 5 rings (SSSR count). The van der Waals surface area contributed by atoms with Gasteiger partial charge in [-0.05, 0) is 12.1 Å². The number of hydrogen-bond donors (Lipinski definition) is 0. The van der Waals surface area contributed by atoms with Crippen molar-refractivity contribution in [1.82, 2.24) is 24.4 Å². The smallest absolute Gasteiger partial charge is 0.289 e. The van der Waals surface area contributed by atoms with E-state index in [4.69, 9.17) is 4.42 Å². The van der Waals surface area contributed by atoms with Crippen molar-refractivity contribution < 1.29 is 9.21 Å².